The van der Waals surface area contributed by atoms with Gasteiger partial charge in [-0.15, -0.1) is 0 Å². The molecule has 3 atom stereocenters. The van der Waals surface area contributed by atoms with E-state index in [9.17, 15) is 4.39 Å². The lowest BCUT2D eigenvalue weighted by molar-refractivity contribution is -0.0207. The van der Waals surface area contributed by atoms with Gasteiger partial charge in [-0.25, -0.2) is 4.39 Å². The molecular formula is C11H22FNO. The molecule has 0 spiro atoms. The second-order valence-corrected chi connectivity index (χ2v) is 4.99. The van der Waals surface area contributed by atoms with Crippen LogP contribution in [0.2, 0.25) is 0 Å². The fourth-order valence-corrected chi connectivity index (χ4v) is 2.34. The number of likely N-dealkylation sites (tertiary alicyclic amines) is 1. The third kappa shape index (κ3) is 2.92. The molecule has 0 aromatic heterocycles. The number of hydrogen-bond donors (Lipinski definition) is 0. The highest BCUT2D eigenvalue weighted by Crippen LogP contribution is 2.31. The third-order valence-corrected chi connectivity index (χ3v) is 2.81. The van der Waals surface area contributed by atoms with Crippen LogP contribution in [0.4, 0.5) is 4.39 Å². The van der Waals surface area contributed by atoms with E-state index in [1.807, 2.05) is 27.8 Å². The van der Waals surface area contributed by atoms with E-state index in [0.717, 1.165) is 0 Å². The van der Waals surface area contributed by atoms with Crippen molar-refractivity contribution in [3.8, 4) is 0 Å². The zero-order valence-corrected chi connectivity index (χ0v) is 9.88. The molecule has 2 nitrogen and oxygen atoms in total. The highest BCUT2D eigenvalue weighted by atomic mass is 19.1. The molecule has 0 aromatic carbocycles. The second-order valence-electron chi connectivity index (χ2n) is 4.99. The van der Waals surface area contributed by atoms with Crippen LogP contribution in [0.3, 0.4) is 0 Å². The number of ether oxygens (including phenoxy) is 1. The average molecular weight is 203 g/mol. The van der Waals surface area contributed by atoms with Gasteiger partial charge in [-0.2, -0.15) is 0 Å². The van der Waals surface area contributed by atoms with Gasteiger partial charge in [0.05, 0.1) is 12.2 Å². The van der Waals surface area contributed by atoms with Crippen molar-refractivity contribution >= 4 is 0 Å². The maximum Gasteiger partial charge on any atom is 0.122 e. The first-order chi connectivity index (χ1) is 6.32. The Morgan fingerprint density at radius 3 is 2.36 bits per heavy atom. The van der Waals surface area contributed by atoms with Crippen molar-refractivity contribution in [1.29, 1.82) is 0 Å². The first-order valence-corrected chi connectivity index (χ1v) is 5.36. The van der Waals surface area contributed by atoms with Crippen molar-refractivity contribution in [3.05, 3.63) is 0 Å². The van der Waals surface area contributed by atoms with Crippen LogP contribution < -0.4 is 0 Å². The lowest BCUT2D eigenvalue weighted by Crippen LogP contribution is -2.37. The van der Waals surface area contributed by atoms with Crippen molar-refractivity contribution in [2.45, 2.75) is 58.0 Å². The normalized spacial score (nSPS) is 36.6. The molecule has 0 amide bonds. The molecule has 14 heavy (non-hydrogen) atoms. The Morgan fingerprint density at radius 1 is 1.43 bits per heavy atom. The van der Waals surface area contributed by atoms with E-state index in [2.05, 4.69) is 4.90 Å². The largest absolute Gasteiger partial charge is 0.374 e. The Bertz CT molecular complexity index is 194. The Balaban J connectivity index is 2.52. The van der Waals surface area contributed by atoms with E-state index in [4.69, 9.17) is 4.74 Å². The first kappa shape index (κ1) is 11.9. The number of rotatable bonds is 3. The molecule has 1 unspecified atom stereocenters. The zero-order valence-electron chi connectivity index (χ0n) is 9.88. The summed E-state index contributed by atoms with van der Waals surface area (Å²) < 4.78 is 19.4. The van der Waals surface area contributed by atoms with Gasteiger partial charge in [0, 0.05) is 19.0 Å². The summed E-state index contributed by atoms with van der Waals surface area (Å²) in [4.78, 5) is 2.06. The van der Waals surface area contributed by atoms with E-state index >= 15 is 0 Å². The van der Waals surface area contributed by atoms with Crippen molar-refractivity contribution in [3.63, 3.8) is 0 Å². The monoisotopic (exact) mass is 203 g/mol. The molecule has 1 rings (SSSR count). The molecule has 1 aliphatic rings. The molecule has 0 bridgehead atoms. The summed E-state index contributed by atoms with van der Waals surface area (Å²) >= 11 is 0. The molecule has 1 heterocycles. The maximum atomic E-state index is 13.7. The predicted molar refractivity (Wildman–Crippen MR) is 56.2 cm³/mol. The van der Waals surface area contributed by atoms with Crippen LogP contribution in [0.25, 0.3) is 0 Å². The van der Waals surface area contributed by atoms with Crippen LogP contribution >= 0.6 is 0 Å². The number of halogens is 1. The van der Waals surface area contributed by atoms with Crippen LogP contribution in [-0.4, -0.2) is 42.4 Å². The van der Waals surface area contributed by atoms with Gasteiger partial charge in [0.1, 0.15) is 5.67 Å². The Hall–Kier alpha value is -0.150. The van der Waals surface area contributed by atoms with Gasteiger partial charge < -0.3 is 4.74 Å². The smallest absolute Gasteiger partial charge is 0.122 e. The molecule has 0 aliphatic carbocycles. The van der Waals surface area contributed by atoms with E-state index in [1.165, 1.54) is 0 Å². The topological polar surface area (TPSA) is 12.5 Å². The van der Waals surface area contributed by atoms with Crippen molar-refractivity contribution in [2.24, 2.45) is 0 Å². The predicted octanol–water partition coefficient (Wildman–Crippen LogP) is 2.23. The average Bonchev–Trinajstić information content (AvgIpc) is 2.23. The van der Waals surface area contributed by atoms with Crippen LogP contribution in [0.1, 0.15) is 34.1 Å². The van der Waals surface area contributed by atoms with Gasteiger partial charge in [0.15, 0.2) is 0 Å². The quantitative estimate of drug-likeness (QED) is 0.697. The standard InChI is InChI=1S/C11H22FNO/c1-8(2)14-9(3)10-6-11(4,12)7-13(10)5/h8-10H,6-7H2,1-5H3/t9-,10-,11?/m0/s1. The first-order valence-electron chi connectivity index (χ1n) is 5.36. The van der Waals surface area contributed by atoms with Crippen LogP contribution in [0.5, 0.6) is 0 Å². The van der Waals surface area contributed by atoms with Gasteiger partial charge in [0.25, 0.3) is 0 Å². The van der Waals surface area contributed by atoms with E-state index in [0.29, 0.717) is 13.0 Å². The minimum absolute atomic E-state index is 0.109. The van der Waals surface area contributed by atoms with E-state index < -0.39 is 5.67 Å². The Kier molecular flexibility index (Phi) is 3.53. The van der Waals surface area contributed by atoms with Crippen molar-refractivity contribution < 1.29 is 9.13 Å². The number of likely N-dealkylation sites (N-methyl/N-ethyl adjacent to an activating group) is 1. The van der Waals surface area contributed by atoms with Gasteiger partial charge in [-0.05, 0) is 34.7 Å². The molecule has 3 heteroatoms. The van der Waals surface area contributed by atoms with Crippen LogP contribution in [0.15, 0.2) is 0 Å². The molecule has 0 radical (unpaired) electrons. The maximum absolute atomic E-state index is 13.7. The molecule has 1 saturated heterocycles. The molecular weight excluding hydrogens is 181 g/mol. The van der Waals surface area contributed by atoms with Gasteiger partial charge in [0.2, 0.25) is 0 Å². The number of alkyl halides is 1. The fourth-order valence-electron chi connectivity index (χ4n) is 2.34. The number of nitrogens with zero attached hydrogens (tertiary/aromatic N) is 1. The zero-order chi connectivity index (χ0) is 10.9. The number of hydrogen-bond acceptors (Lipinski definition) is 2. The summed E-state index contributed by atoms with van der Waals surface area (Å²) in [6, 6.07) is 0.215. The highest BCUT2D eigenvalue weighted by Gasteiger charge is 2.41. The fraction of sp³-hybridized carbons (Fsp3) is 1.00. The summed E-state index contributed by atoms with van der Waals surface area (Å²) in [6.45, 7) is 8.25. The van der Waals surface area contributed by atoms with Gasteiger partial charge in [-0.1, -0.05) is 0 Å². The van der Waals surface area contributed by atoms with E-state index in [-0.39, 0.29) is 18.2 Å². The summed E-state index contributed by atoms with van der Waals surface area (Å²) in [6.07, 6.45) is 0.902. The summed E-state index contributed by atoms with van der Waals surface area (Å²) in [5, 5.41) is 0. The summed E-state index contributed by atoms with van der Waals surface area (Å²) in [7, 11) is 1.97. The Labute approximate surface area is 86.4 Å². The Morgan fingerprint density at radius 2 is 2.00 bits per heavy atom. The highest BCUT2D eigenvalue weighted by molar-refractivity contribution is 4.95. The van der Waals surface area contributed by atoms with Crippen LogP contribution in [0, 0.1) is 0 Å². The van der Waals surface area contributed by atoms with Crippen LogP contribution in [-0.2, 0) is 4.74 Å². The molecule has 1 fully saturated rings. The minimum Gasteiger partial charge on any atom is -0.374 e. The minimum atomic E-state index is -1.05. The molecule has 0 N–H and O–H groups in total. The molecule has 0 aromatic rings. The third-order valence-electron chi connectivity index (χ3n) is 2.81. The lowest BCUT2D eigenvalue weighted by Gasteiger charge is -2.27. The summed E-state index contributed by atoms with van der Waals surface area (Å²) in [5.74, 6) is 0. The lowest BCUT2D eigenvalue weighted by atomic mass is 10.0. The summed E-state index contributed by atoms with van der Waals surface area (Å²) in [5.41, 5.74) is -1.05. The molecule has 0 saturated carbocycles. The van der Waals surface area contributed by atoms with Crippen molar-refractivity contribution in [2.75, 3.05) is 13.6 Å². The SMILES string of the molecule is CC(C)O[C@@H](C)[C@@H]1CC(C)(F)CN1C. The van der Waals surface area contributed by atoms with Crippen molar-refractivity contribution in [1.82, 2.24) is 4.90 Å². The second kappa shape index (κ2) is 4.15. The van der Waals surface area contributed by atoms with E-state index in [1.54, 1.807) is 6.92 Å². The van der Waals surface area contributed by atoms with Gasteiger partial charge >= 0.3 is 0 Å². The van der Waals surface area contributed by atoms with Gasteiger partial charge in [-0.3, -0.25) is 4.90 Å². The molecule has 1 aliphatic heterocycles. The molecule has 84 valence electrons.